The Hall–Kier alpha value is -2.85. The molecule has 0 bridgehead atoms. The van der Waals surface area contributed by atoms with Gasteiger partial charge >= 0.3 is 0 Å². The summed E-state index contributed by atoms with van der Waals surface area (Å²) in [6.07, 6.45) is 0.837. The van der Waals surface area contributed by atoms with Gasteiger partial charge in [-0.05, 0) is 48.1 Å². The summed E-state index contributed by atoms with van der Waals surface area (Å²) in [5, 5.41) is 12.5. The van der Waals surface area contributed by atoms with E-state index in [4.69, 9.17) is 11.6 Å². The Balaban J connectivity index is 1.65. The first-order valence-corrected chi connectivity index (χ1v) is 10.3. The fourth-order valence-corrected chi connectivity index (χ4v) is 4.90. The lowest BCUT2D eigenvalue weighted by Gasteiger charge is -2.19. The number of aromatic hydroxyl groups is 1. The van der Waals surface area contributed by atoms with Gasteiger partial charge in [0.15, 0.2) is 0 Å². The lowest BCUT2D eigenvalue weighted by atomic mass is 9.92. The van der Waals surface area contributed by atoms with Crippen LogP contribution in [-0.2, 0) is 6.42 Å². The number of benzene rings is 3. The second-order valence-electron chi connectivity index (χ2n) is 7.96. The van der Waals surface area contributed by atoms with Crippen LogP contribution in [0.15, 0.2) is 47.5 Å². The molecule has 0 aromatic heterocycles. The van der Waals surface area contributed by atoms with Crippen molar-refractivity contribution in [1.29, 1.82) is 0 Å². The SMILES string of the molecule is CC1=Nc2cc(C(=O)N3C[C@@H](CCl)c4c3cc(O)c3cccc(C)c43)ccc2C1. The van der Waals surface area contributed by atoms with Gasteiger partial charge in [-0.15, -0.1) is 11.6 Å². The molecule has 146 valence electrons. The molecule has 0 aliphatic carbocycles. The van der Waals surface area contributed by atoms with Crippen molar-refractivity contribution < 1.29 is 9.90 Å². The van der Waals surface area contributed by atoms with E-state index in [-0.39, 0.29) is 17.6 Å². The van der Waals surface area contributed by atoms with Gasteiger partial charge in [-0.2, -0.15) is 0 Å². The number of aliphatic imine (C=N–C) groups is 1. The summed E-state index contributed by atoms with van der Waals surface area (Å²) < 4.78 is 0. The van der Waals surface area contributed by atoms with Crippen molar-refractivity contribution in [2.45, 2.75) is 26.2 Å². The first-order chi connectivity index (χ1) is 14.0. The summed E-state index contributed by atoms with van der Waals surface area (Å²) in [7, 11) is 0. The van der Waals surface area contributed by atoms with Crippen LogP contribution in [0.1, 0.15) is 39.9 Å². The van der Waals surface area contributed by atoms with Gasteiger partial charge in [0.1, 0.15) is 5.75 Å². The minimum atomic E-state index is -0.0891. The Morgan fingerprint density at radius 2 is 2.07 bits per heavy atom. The minimum absolute atomic E-state index is 0.0227. The highest BCUT2D eigenvalue weighted by Crippen LogP contribution is 2.46. The highest BCUT2D eigenvalue weighted by Gasteiger charge is 2.35. The molecule has 2 heterocycles. The molecule has 2 aliphatic rings. The fraction of sp³-hybridized carbons (Fsp3) is 0.250. The van der Waals surface area contributed by atoms with Crippen LogP contribution in [0.4, 0.5) is 11.4 Å². The number of alkyl halides is 1. The van der Waals surface area contributed by atoms with E-state index in [1.807, 2.05) is 50.2 Å². The Kier molecular flexibility index (Phi) is 4.14. The maximum atomic E-state index is 13.4. The lowest BCUT2D eigenvalue weighted by molar-refractivity contribution is 0.0988. The predicted octanol–water partition coefficient (Wildman–Crippen LogP) is 5.49. The third kappa shape index (κ3) is 2.74. The van der Waals surface area contributed by atoms with Crippen molar-refractivity contribution in [1.82, 2.24) is 0 Å². The third-order valence-electron chi connectivity index (χ3n) is 5.99. The first kappa shape index (κ1) is 18.2. The van der Waals surface area contributed by atoms with E-state index in [1.165, 1.54) is 0 Å². The molecule has 1 N–H and O–H groups in total. The molecular formula is C24H21ClN2O2. The molecule has 29 heavy (non-hydrogen) atoms. The Morgan fingerprint density at radius 3 is 2.86 bits per heavy atom. The van der Waals surface area contributed by atoms with Crippen molar-refractivity contribution in [3.8, 4) is 5.75 Å². The van der Waals surface area contributed by atoms with E-state index in [9.17, 15) is 9.90 Å². The first-order valence-electron chi connectivity index (χ1n) is 9.78. The van der Waals surface area contributed by atoms with Crippen molar-refractivity contribution in [2.75, 3.05) is 17.3 Å². The van der Waals surface area contributed by atoms with Crippen molar-refractivity contribution >= 4 is 45.4 Å². The number of amides is 1. The van der Waals surface area contributed by atoms with Crippen molar-refractivity contribution in [3.63, 3.8) is 0 Å². The number of anilines is 1. The van der Waals surface area contributed by atoms with E-state index < -0.39 is 0 Å². The van der Waals surface area contributed by atoms with E-state index in [0.717, 1.165) is 51.0 Å². The summed E-state index contributed by atoms with van der Waals surface area (Å²) in [6, 6.07) is 13.3. The van der Waals surface area contributed by atoms with E-state index in [0.29, 0.717) is 18.0 Å². The molecule has 3 aromatic carbocycles. The standard InChI is InChI=1S/C24H21ClN2O2/c1-13-4-3-5-18-21(28)10-20-23(22(13)18)17(11-25)12-27(20)24(29)16-7-6-15-8-14(2)26-19(15)9-16/h3-7,9-10,17,28H,8,11-12H2,1-2H3/t17-/m1/s1. The highest BCUT2D eigenvalue weighted by molar-refractivity contribution is 6.19. The number of phenolic OH excluding ortho intramolecular Hbond substituents is 1. The average molecular weight is 405 g/mol. The van der Waals surface area contributed by atoms with E-state index in [2.05, 4.69) is 4.99 Å². The predicted molar refractivity (Wildman–Crippen MR) is 118 cm³/mol. The molecule has 5 heteroatoms. The number of aryl methyl sites for hydroxylation is 1. The zero-order valence-electron chi connectivity index (χ0n) is 16.4. The molecule has 0 radical (unpaired) electrons. The molecule has 0 unspecified atom stereocenters. The van der Waals surface area contributed by atoms with E-state index in [1.54, 1.807) is 11.0 Å². The van der Waals surface area contributed by atoms with Crippen LogP contribution in [0.2, 0.25) is 0 Å². The zero-order chi connectivity index (χ0) is 20.3. The maximum absolute atomic E-state index is 13.4. The zero-order valence-corrected chi connectivity index (χ0v) is 17.1. The van der Waals surface area contributed by atoms with Crippen LogP contribution >= 0.6 is 11.6 Å². The van der Waals surface area contributed by atoms with Gasteiger partial charge in [0.2, 0.25) is 0 Å². The smallest absolute Gasteiger partial charge is 0.258 e. The monoisotopic (exact) mass is 404 g/mol. The number of halogens is 1. The molecule has 1 atom stereocenters. The molecule has 0 saturated heterocycles. The number of hydrogen-bond donors (Lipinski definition) is 1. The Bertz CT molecular complexity index is 1220. The second kappa shape index (κ2) is 6.60. The number of nitrogens with zero attached hydrogens (tertiary/aromatic N) is 2. The number of rotatable bonds is 2. The summed E-state index contributed by atoms with van der Waals surface area (Å²) in [4.78, 5) is 19.7. The molecule has 5 rings (SSSR count). The number of carbonyl (C=O) groups is 1. The summed E-state index contributed by atoms with van der Waals surface area (Å²) in [5.74, 6) is 0.534. The van der Waals surface area contributed by atoms with Gasteiger partial charge in [-0.3, -0.25) is 9.79 Å². The fourth-order valence-electron chi connectivity index (χ4n) is 4.64. The molecular weight excluding hydrogens is 384 g/mol. The van der Waals surface area contributed by atoms with Crippen LogP contribution in [0.3, 0.4) is 0 Å². The molecule has 3 aromatic rings. The van der Waals surface area contributed by atoms with Gasteiger partial charge < -0.3 is 10.0 Å². The third-order valence-corrected chi connectivity index (χ3v) is 6.36. The van der Waals surface area contributed by atoms with Crippen LogP contribution in [0, 0.1) is 6.92 Å². The van der Waals surface area contributed by atoms with Gasteiger partial charge in [0, 0.05) is 47.5 Å². The van der Waals surface area contributed by atoms with Gasteiger partial charge in [0.05, 0.1) is 11.4 Å². The number of hydrogen-bond acceptors (Lipinski definition) is 3. The number of carbonyl (C=O) groups excluding carboxylic acids is 1. The normalized spacial score (nSPS) is 17.4. The second-order valence-corrected chi connectivity index (χ2v) is 8.27. The van der Waals surface area contributed by atoms with Crippen LogP contribution in [-0.4, -0.2) is 29.2 Å². The van der Waals surface area contributed by atoms with E-state index >= 15 is 0 Å². The summed E-state index contributed by atoms with van der Waals surface area (Å²) >= 11 is 6.32. The molecule has 2 aliphatic heterocycles. The Labute approximate surface area is 174 Å². The number of phenols is 1. The van der Waals surface area contributed by atoms with Crippen LogP contribution < -0.4 is 4.90 Å². The average Bonchev–Trinajstić information content (AvgIpc) is 3.26. The lowest BCUT2D eigenvalue weighted by Crippen LogP contribution is -2.30. The van der Waals surface area contributed by atoms with Gasteiger partial charge in [0.25, 0.3) is 5.91 Å². The van der Waals surface area contributed by atoms with Crippen molar-refractivity contribution in [3.05, 3.63) is 64.7 Å². The van der Waals surface area contributed by atoms with Crippen LogP contribution in [0.5, 0.6) is 5.75 Å². The molecule has 0 fully saturated rings. The largest absolute Gasteiger partial charge is 0.507 e. The topological polar surface area (TPSA) is 52.9 Å². The van der Waals surface area contributed by atoms with Crippen molar-refractivity contribution in [2.24, 2.45) is 4.99 Å². The molecule has 1 amide bonds. The Morgan fingerprint density at radius 1 is 1.24 bits per heavy atom. The molecule has 0 spiro atoms. The highest BCUT2D eigenvalue weighted by atomic mass is 35.5. The van der Waals surface area contributed by atoms with Crippen LogP contribution in [0.25, 0.3) is 10.8 Å². The summed E-state index contributed by atoms with van der Waals surface area (Å²) in [5.41, 5.74) is 6.56. The quantitative estimate of drug-likeness (QED) is 0.574. The summed E-state index contributed by atoms with van der Waals surface area (Å²) in [6.45, 7) is 4.53. The van der Waals surface area contributed by atoms with Gasteiger partial charge in [-0.25, -0.2) is 0 Å². The number of fused-ring (bicyclic) bond motifs is 4. The maximum Gasteiger partial charge on any atom is 0.258 e. The van der Waals surface area contributed by atoms with Gasteiger partial charge in [-0.1, -0.05) is 24.3 Å². The molecule has 4 nitrogen and oxygen atoms in total. The minimum Gasteiger partial charge on any atom is -0.507 e. The molecule has 0 saturated carbocycles.